The molecule has 2 heterocycles. The predicted molar refractivity (Wildman–Crippen MR) is 270 cm³/mol. The maximum absolute atomic E-state index is 2.68. The van der Waals surface area contributed by atoms with Crippen LogP contribution in [-0.4, -0.2) is 6.71 Å². The van der Waals surface area contributed by atoms with Crippen molar-refractivity contribution in [2.45, 2.75) is 85.5 Å². The first-order chi connectivity index (χ1) is 30.1. The molecule has 2 aliphatic heterocycles. The Bertz CT molecular complexity index is 3280. The molecule has 0 atom stereocenters. The molecule has 12 rings (SSSR count). The second-order valence-electron chi connectivity index (χ2n) is 21.1. The van der Waals surface area contributed by atoms with E-state index in [1.807, 2.05) is 0 Å². The van der Waals surface area contributed by atoms with Crippen molar-refractivity contribution in [3.05, 3.63) is 190 Å². The third-order valence-corrected chi connectivity index (χ3v) is 15.5. The summed E-state index contributed by atoms with van der Waals surface area (Å²) in [5, 5.41) is 0. The molecule has 0 saturated heterocycles. The number of hydrogen-bond acceptors (Lipinski definition) is 1. The smallest absolute Gasteiger partial charge is 0.248 e. The monoisotopic (exact) mass is 811 g/mol. The number of aryl methyl sites for hydroxylation is 3. The van der Waals surface area contributed by atoms with Crippen LogP contribution >= 0.6 is 0 Å². The van der Waals surface area contributed by atoms with Crippen LogP contribution in [0, 0.1) is 20.8 Å². The maximum atomic E-state index is 2.68. The first-order valence-electron chi connectivity index (χ1n) is 23.0. The molecule has 8 aromatic rings. The van der Waals surface area contributed by atoms with E-state index in [4.69, 9.17) is 0 Å². The number of nitrogens with zero attached hydrogens (tertiary/aromatic N) is 1. The molecule has 0 amide bonds. The van der Waals surface area contributed by atoms with Crippen molar-refractivity contribution in [1.29, 1.82) is 0 Å². The molecule has 2 aliphatic carbocycles. The topological polar surface area (TPSA) is 3.24 Å². The standard InChI is InChI=1S/C61H54BN/c1-35-26-36(2)57(37(3)27-35)39-28-47-46-31-44-41-20-14-16-22-48(41)60(7,8)50(44)33-52(46)62-53-34-51-45(42-21-15-17-23-49(42)61(51,9)10)32-55(53)63(56(29-39)58(47)62)54-25-24-40(59(4,5)6)30-43(54)38-18-12-11-13-19-38/h11-34H,1-10H3. The fourth-order valence-corrected chi connectivity index (χ4v) is 12.5. The van der Waals surface area contributed by atoms with Crippen molar-refractivity contribution < 1.29 is 0 Å². The van der Waals surface area contributed by atoms with Crippen molar-refractivity contribution in [1.82, 2.24) is 0 Å². The SMILES string of the molecule is Cc1cc(C)c(-c2cc3c4c(c2)N(c2ccc(C(C)(C)C)cc2-c2ccccc2)c2cc5c(cc2B4c2cc4c(cc2-3)-c2ccccc2C4(C)C)C(C)(C)c2ccccc2-5)c(C)c1. The van der Waals surface area contributed by atoms with Crippen LogP contribution in [0.5, 0.6) is 0 Å². The van der Waals surface area contributed by atoms with E-state index in [-0.39, 0.29) is 23.0 Å². The van der Waals surface area contributed by atoms with E-state index < -0.39 is 0 Å². The molecule has 0 N–H and O–H groups in total. The van der Waals surface area contributed by atoms with Gasteiger partial charge in [0, 0.05) is 27.8 Å². The third-order valence-electron chi connectivity index (χ3n) is 15.5. The van der Waals surface area contributed by atoms with Gasteiger partial charge in [-0.3, -0.25) is 0 Å². The number of benzene rings is 8. The van der Waals surface area contributed by atoms with E-state index in [9.17, 15) is 0 Å². The highest BCUT2D eigenvalue weighted by Crippen LogP contribution is 2.55. The van der Waals surface area contributed by atoms with E-state index in [2.05, 4.69) is 220 Å². The van der Waals surface area contributed by atoms with Gasteiger partial charge >= 0.3 is 0 Å². The zero-order valence-corrected chi connectivity index (χ0v) is 38.4. The molecule has 0 spiro atoms. The number of anilines is 3. The lowest BCUT2D eigenvalue weighted by Gasteiger charge is -2.39. The summed E-state index contributed by atoms with van der Waals surface area (Å²) in [7, 11) is 0. The average Bonchev–Trinajstić information content (AvgIpc) is 3.79. The van der Waals surface area contributed by atoms with Gasteiger partial charge in [-0.2, -0.15) is 0 Å². The first kappa shape index (κ1) is 38.3. The first-order valence-corrected chi connectivity index (χ1v) is 23.0. The second kappa shape index (κ2) is 12.9. The van der Waals surface area contributed by atoms with Gasteiger partial charge < -0.3 is 4.90 Å². The summed E-state index contributed by atoms with van der Waals surface area (Å²) in [6, 6.07) is 56.8. The summed E-state index contributed by atoms with van der Waals surface area (Å²) in [4.78, 5) is 2.68. The molecule has 8 aromatic carbocycles. The number of fused-ring (bicyclic) bond motifs is 11. The zero-order chi connectivity index (χ0) is 43.5. The van der Waals surface area contributed by atoms with Gasteiger partial charge in [0.15, 0.2) is 0 Å². The van der Waals surface area contributed by atoms with E-state index in [1.165, 1.54) is 134 Å². The van der Waals surface area contributed by atoms with Gasteiger partial charge in [0.1, 0.15) is 0 Å². The summed E-state index contributed by atoms with van der Waals surface area (Å²) in [6.45, 7) is 23.6. The molecular formula is C61H54BN. The molecule has 0 fully saturated rings. The molecular weight excluding hydrogens is 757 g/mol. The van der Waals surface area contributed by atoms with Crippen molar-refractivity contribution in [2.75, 3.05) is 4.90 Å². The number of hydrogen-bond donors (Lipinski definition) is 0. The van der Waals surface area contributed by atoms with Crippen LogP contribution in [0.4, 0.5) is 17.1 Å². The van der Waals surface area contributed by atoms with E-state index in [0.29, 0.717) is 0 Å². The van der Waals surface area contributed by atoms with E-state index in [1.54, 1.807) is 0 Å². The predicted octanol–water partition coefficient (Wildman–Crippen LogP) is 14.1. The van der Waals surface area contributed by atoms with Crippen molar-refractivity contribution in [3.63, 3.8) is 0 Å². The fourth-order valence-electron chi connectivity index (χ4n) is 12.5. The van der Waals surface area contributed by atoms with Gasteiger partial charge in [-0.05, 0) is 163 Å². The minimum absolute atomic E-state index is 0.0147. The Balaban J connectivity index is 1.24. The van der Waals surface area contributed by atoms with Crippen molar-refractivity contribution in [3.8, 4) is 55.6 Å². The Morgan fingerprint density at radius 1 is 0.429 bits per heavy atom. The van der Waals surface area contributed by atoms with Crippen molar-refractivity contribution >= 4 is 40.2 Å². The van der Waals surface area contributed by atoms with Crippen LogP contribution in [-0.2, 0) is 16.2 Å². The Morgan fingerprint density at radius 3 is 1.65 bits per heavy atom. The lowest BCUT2D eigenvalue weighted by atomic mass is 9.36. The molecule has 0 radical (unpaired) electrons. The van der Waals surface area contributed by atoms with Crippen LogP contribution in [0.25, 0.3) is 55.6 Å². The fraction of sp³-hybridized carbons (Fsp3) is 0.213. The summed E-state index contributed by atoms with van der Waals surface area (Å²) in [5.74, 6) is 0. The van der Waals surface area contributed by atoms with Crippen molar-refractivity contribution in [2.24, 2.45) is 0 Å². The minimum Gasteiger partial charge on any atom is -0.311 e. The van der Waals surface area contributed by atoms with Gasteiger partial charge in [0.2, 0.25) is 6.71 Å². The van der Waals surface area contributed by atoms with E-state index >= 15 is 0 Å². The largest absolute Gasteiger partial charge is 0.311 e. The molecule has 63 heavy (non-hydrogen) atoms. The van der Waals surface area contributed by atoms with Gasteiger partial charge in [0.05, 0.1) is 5.69 Å². The third kappa shape index (κ3) is 5.25. The van der Waals surface area contributed by atoms with Gasteiger partial charge in [0.25, 0.3) is 0 Å². The normalized spacial score (nSPS) is 15.3. The molecule has 0 bridgehead atoms. The van der Waals surface area contributed by atoms with Gasteiger partial charge in [-0.1, -0.05) is 169 Å². The summed E-state index contributed by atoms with van der Waals surface area (Å²) >= 11 is 0. The Labute approximate surface area is 374 Å². The highest BCUT2D eigenvalue weighted by atomic mass is 15.2. The van der Waals surface area contributed by atoms with Gasteiger partial charge in [-0.25, -0.2) is 0 Å². The Morgan fingerprint density at radius 2 is 1.02 bits per heavy atom. The van der Waals surface area contributed by atoms with Crippen LogP contribution in [0.2, 0.25) is 0 Å². The van der Waals surface area contributed by atoms with Gasteiger partial charge in [-0.15, -0.1) is 0 Å². The summed E-state index contributed by atoms with van der Waals surface area (Å²) in [6.07, 6.45) is 0. The van der Waals surface area contributed by atoms with Crippen LogP contribution in [0.1, 0.15) is 93.0 Å². The molecule has 1 nitrogen and oxygen atoms in total. The highest BCUT2D eigenvalue weighted by Gasteiger charge is 2.48. The van der Waals surface area contributed by atoms with Crippen LogP contribution in [0.3, 0.4) is 0 Å². The molecule has 0 aromatic heterocycles. The van der Waals surface area contributed by atoms with Crippen LogP contribution in [0.15, 0.2) is 146 Å². The number of rotatable bonds is 3. The summed E-state index contributed by atoms with van der Waals surface area (Å²) < 4.78 is 0. The minimum atomic E-state index is -0.133. The van der Waals surface area contributed by atoms with E-state index in [0.717, 1.165) is 0 Å². The summed E-state index contributed by atoms with van der Waals surface area (Å²) in [5.41, 5.74) is 32.0. The zero-order valence-electron chi connectivity index (χ0n) is 38.4. The second-order valence-corrected chi connectivity index (χ2v) is 21.1. The molecule has 0 unspecified atom stereocenters. The average molecular weight is 812 g/mol. The molecule has 2 heteroatoms. The lowest BCUT2D eigenvalue weighted by molar-refractivity contribution is 0.590. The quantitative estimate of drug-likeness (QED) is 0.161. The van der Waals surface area contributed by atoms with Crippen LogP contribution < -0.4 is 21.3 Å². The molecule has 0 saturated carbocycles. The lowest BCUT2D eigenvalue weighted by Crippen LogP contribution is -2.55. The Hall–Kier alpha value is -6.38. The Kier molecular flexibility index (Phi) is 7.82. The highest BCUT2D eigenvalue weighted by molar-refractivity contribution is 7.01. The molecule has 4 aliphatic rings. The maximum Gasteiger partial charge on any atom is 0.248 e. The molecule has 306 valence electrons.